The Bertz CT molecular complexity index is 1810. The molecule has 12 heteroatoms. The van der Waals surface area contributed by atoms with Gasteiger partial charge in [0.1, 0.15) is 11.9 Å². The highest BCUT2D eigenvalue weighted by atomic mass is 16.2. The van der Waals surface area contributed by atoms with Crippen LogP contribution in [0.15, 0.2) is 73.4 Å². The van der Waals surface area contributed by atoms with Crippen LogP contribution in [0.1, 0.15) is 42.5 Å². The minimum absolute atomic E-state index is 0.0361. The van der Waals surface area contributed by atoms with Crippen LogP contribution >= 0.6 is 0 Å². The SMILES string of the molecule is Cc1c(-c2nc(NC3CCC(N(C(=O)NCc4ccccc4)c4ccc(-c5cnn(C)c5)cn4)CC3)ncc2C#N)cnn1C. The van der Waals surface area contributed by atoms with E-state index >= 15 is 0 Å². The van der Waals surface area contributed by atoms with E-state index in [2.05, 4.69) is 31.9 Å². The maximum Gasteiger partial charge on any atom is 0.323 e. The maximum atomic E-state index is 13.7. The number of rotatable bonds is 8. The van der Waals surface area contributed by atoms with Crippen molar-refractivity contribution in [1.29, 1.82) is 5.26 Å². The fraction of sp³-hybridized carbons (Fsp3) is 0.303. The molecule has 0 spiro atoms. The molecule has 0 aliphatic heterocycles. The predicted molar refractivity (Wildman–Crippen MR) is 171 cm³/mol. The number of carbonyl (C=O) groups is 1. The fourth-order valence-electron chi connectivity index (χ4n) is 5.72. The molecule has 1 aromatic carbocycles. The second-order valence-electron chi connectivity index (χ2n) is 11.3. The minimum atomic E-state index is -0.177. The molecule has 1 aliphatic rings. The lowest BCUT2D eigenvalue weighted by Crippen LogP contribution is -2.49. The number of nitrogens with one attached hydrogen (secondary N) is 2. The second-order valence-corrected chi connectivity index (χ2v) is 11.3. The number of aryl methyl sites for hydroxylation is 2. The van der Waals surface area contributed by atoms with Gasteiger partial charge in [-0.1, -0.05) is 30.3 Å². The zero-order valence-electron chi connectivity index (χ0n) is 25.6. The number of carbonyl (C=O) groups excluding carboxylic acids is 1. The lowest BCUT2D eigenvalue weighted by Gasteiger charge is -2.36. The molecule has 4 aromatic heterocycles. The number of urea groups is 1. The van der Waals surface area contributed by atoms with Crippen molar-refractivity contribution in [2.45, 2.75) is 51.2 Å². The molecule has 1 fully saturated rings. The molecule has 228 valence electrons. The number of nitriles is 1. The molecule has 5 aromatic rings. The Morgan fingerprint density at radius 1 is 0.978 bits per heavy atom. The third-order valence-corrected chi connectivity index (χ3v) is 8.33. The van der Waals surface area contributed by atoms with Crippen molar-refractivity contribution in [2.75, 3.05) is 10.2 Å². The summed E-state index contributed by atoms with van der Waals surface area (Å²) < 4.78 is 3.51. The quantitative estimate of drug-likeness (QED) is 0.253. The molecule has 12 nitrogen and oxygen atoms in total. The number of pyridine rings is 1. The van der Waals surface area contributed by atoms with Gasteiger partial charge in [-0.25, -0.2) is 19.7 Å². The van der Waals surface area contributed by atoms with E-state index in [0.29, 0.717) is 29.6 Å². The van der Waals surface area contributed by atoms with E-state index in [-0.39, 0.29) is 18.1 Å². The van der Waals surface area contributed by atoms with Gasteiger partial charge >= 0.3 is 6.03 Å². The number of hydrogen-bond donors (Lipinski definition) is 2. The molecule has 1 saturated carbocycles. The van der Waals surface area contributed by atoms with Crippen molar-refractivity contribution < 1.29 is 4.79 Å². The summed E-state index contributed by atoms with van der Waals surface area (Å²) in [6.07, 6.45) is 12.0. The van der Waals surface area contributed by atoms with Gasteiger partial charge in [0.15, 0.2) is 0 Å². The van der Waals surface area contributed by atoms with Crippen molar-refractivity contribution in [3.05, 3.63) is 90.3 Å². The first-order valence-electron chi connectivity index (χ1n) is 15.0. The number of anilines is 2. The van der Waals surface area contributed by atoms with Gasteiger partial charge in [-0.05, 0) is 50.3 Å². The van der Waals surface area contributed by atoms with Gasteiger partial charge in [0.2, 0.25) is 5.95 Å². The minimum Gasteiger partial charge on any atom is -0.351 e. The Kier molecular flexibility index (Phi) is 8.50. The van der Waals surface area contributed by atoms with E-state index in [1.165, 1.54) is 0 Å². The first kappa shape index (κ1) is 29.5. The maximum absolute atomic E-state index is 13.7. The van der Waals surface area contributed by atoms with Crippen molar-refractivity contribution in [3.8, 4) is 28.5 Å². The number of aromatic nitrogens is 7. The normalized spacial score (nSPS) is 16.1. The topological polar surface area (TPSA) is 142 Å². The summed E-state index contributed by atoms with van der Waals surface area (Å²) in [4.78, 5) is 29.4. The Balaban J connectivity index is 1.17. The third-order valence-electron chi connectivity index (χ3n) is 8.33. The summed E-state index contributed by atoms with van der Waals surface area (Å²) in [5, 5.41) is 24.8. The van der Waals surface area contributed by atoms with Gasteiger partial charge in [0.25, 0.3) is 0 Å². The van der Waals surface area contributed by atoms with Crippen molar-refractivity contribution in [3.63, 3.8) is 0 Å². The van der Waals surface area contributed by atoms with Crippen LogP contribution in [0.3, 0.4) is 0 Å². The molecule has 0 saturated heterocycles. The van der Waals surface area contributed by atoms with Crippen LogP contribution in [0.2, 0.25) is 0 Å². The first-order valence-corrected chi connectivity index (χ1v) is 15.0. The van der Waals surface area contributed by atoms with E-state index in [9.17, 15) is 10.1 Å². The molecule has 1 aliphatic carbocycles. The van der Waals surface area contributed by atoms with Crippen molar-refractivity contribution in [1.82, 2.24) is 39.8 Å². The molecule has 45 heavy (non-hydrogen) atoms. The van der Waals surface area contributed by atoms with Gasteiger partial charge in [0.05, 0.1) is 29.8 Å². The zero-order valence-corrected chi connectivity index (χ0v) is 25.6. The fourth-order valence-corrected chi connectivity index (χ4v) is 5.72. The zero-order chi connectivity index (χ0) is 31.3. The molecule has 0 atom stereocenters. The van der Waals surface area contributed by atoms with Gasteiger partial charge in [-0.3, -0.25) is 14.3 Å². The Labute approximate surface area is 261 Å². The van der Waals surface area contributed by atoms with Crippen molar-refractivity contribution >= 4 is 17.8 Å². The molecule has 4 heterocycles. The first-order chi connectivity index (χ1) is 21.9. The number of nitrogens with zero attached hydrogens (tertiary/aromatic N) is 9. The summed E-state index contributed by atoms with van der Waals surface area (Å²) in [5.74, 6) is 1.08. The second kappa shape index (κ2) is 13.0. The van der Waals surface area contributed by atoms with E-state index in [1.54, 1.807) is 39.1 Å². The standard InChI is InChI=1S/C33H35N11O/c1-22-29(20-39-43(22)3)31-25(15-34)18-36-32(41-31)40-27-10-12-28(13-11-27)44(33(45)37-16-23-7-5-4-6-8-23)30-14-9-24(17-35-30)26-19-38-42(2)21-26/h4-9,14,17-21,27-28H,10-13,16H2,1-3H3,(H,37,45)(H,36,40,41). The van der Waals surface area contributed by atoms with Gasteiger partial charge < -0.3 is 10.6 Å². The van der Waals surface area contributed by atoms with Crippen LogP contribution in [0.5, 0.6) is 0 Å². The van der Waals surface area contributed by atoms with E-state index in [1.807, 2.05) is 69.7 Å². The summed E-state index contributed by atoms with van der Waals surface area (Å²) in [6, 6.07) is 15.9. The number of amides is 2. The van der Waals surface area contributed by atoms with Crippen LogP contribution in [-0.2, 0) is 20.6 Å². The molecule has 0 radical (unpaired) electrons. The number of benzene rings is 1. The molecule has 2 amide bonds. The summed E-state index contributed by atoms with van der Waals surface area (Å²) in [7, 11) is 3.74. The summed E-state index contributed by atoms with van der Waals surface area (Å²) in [5.41, 5.74) is 5.63. The molecule has 2 N–H and O–H groups in total. The average Bonchev–Trinajstić information content (AvgIpc) is 3.66. The Morgan fingerprint density at radius 3 is 2.42 bits per heavy atom. The molecular formula is C33H35N11O. The summed E-state index contributed by atoms with van der Waals surface area (Å²) >= 11 is 0. The molecule has 6 rings (SSSR count). The van der Waals surface area contributed by atoms with E-state index < -0.39 is 0 Å². The lowest BCUT2D eigenvalue weighted by molar-refractivity contribution is 0.240. The third kappa shape index (κ3) is 6.52. The smallest absolute Gasteiger partial charge is 0.323 e. The summed E-state index contributed by atoms with van der Waals surface area (Å²) in [6.45, 7) is 2.37. The number of hydrogen-bond acceptors (Lipinski definition) is 8. The van der Waals surface area contributed by atoms with Gasteiger partial charge in [-0.15, -0.1) is 0 Å². The molecular weight excluding hydrogens is 566 g/mol. The Morgan fingerprint density at radius 2 is 1.78 bits per heavy atom. The van der Waals surface area contributed by atoms with E-state index in [0.717, 1.165) is 53.6 Å². The predicted octanol–water partition coefficient (Wildman–Crippen LogP) is 4.99. The molecule has 0 unspecified atom stereocenters. The van der Waals surface area contributed by atoms with E-state index in [4.69, 9.17) is 9.97 Å². The highest BCUT2D eigenvalue weighted by Gasteiger charge is 2.31. The van der Waals surface area contributed by atoms with Crippen LogP contribution in [-0.4, -0.2) is 52.6 Å². The van der Waals surface area contributed by atoms with Crippen LogP contribution in [0, 0.1) is 18.3 Å². The molecule has 0 bridgehead atoms. The van der Waals surface area contributed by atoms with Crippen LogP contribution in [0.4, 0.5) is 16.6 Å². The highest BCUT2D eigenvalue weighted by molar-refractivity contribution is 5.91. The highest BCUT2D eigenvalue weighted by Crippen LogP contribution is 2.30. The lowest BCUT2D eigenvalue weighted by atomic mass is 9.90. The monoisotopic (exact) mass is 601 g/mol. The van der Waals surface area contributed by atoms with Crippen LogP contribution < -0.4 is 15.5 Å². The van der Waals surface area contributed by atoms with Crippen LogP contribution in [0.25, 0.3) is 22.4 Å². The Hall–Kier alpha value is -5.57. The van der Waals surface area contributed by atoms with Gasteiger partial charge in [0, 0.05) is 67.5 Å². The van der Waals surface area contributed by atoms with Gasteiger partial charge in [-0.2, -0.15) is 15.5 Å². The average molecular weight is 602 g/mol. The largest absolute Gasteiger partial charge is 0.351 e. The van der Waals surface area contributed by atoms with Crippen molar-refractivity contribution in [2.24, 2.45) is 14.1 Å².